The number of carbonyl (C=O) groups is 2. The van der Waals surface area contributed by atoms with Crippen LogP contribution in [0, 0.1) is 0 Å². The molecule has 0 radical (unpaired) electrons. The molecule has 7 nitrogen and oxygen atoms in total. The molecule has 0 saturated carbocycles. The van der Waals surface area contributed by atoms with Gasteiger partial charge in [-0.1, -0.05) is 53.9 Å². The molecule has 0 saturated heterocycles. The van der Waals surface area contributed by atoms with E-state index in [0.29, 0.717) is 27.1 Å². The van der Waals surface area contributed by atoms with Crippen LogP contribution >= 0.6 is 34.8 Å². The summed E-state index contributed by atoms with van der Waals surface area (Å²) in [5.74, 6) is -0.948. The molecule has 0 aliphatic carbocycles. The largest absolute Gasteiger partial charge is 0.357 e. The summed E-state index contributed by atoms with van der Waals surface area (Å²) in [5, 5.41) is 3.63. The van der Waals surface area contributed by atoms with Gasteiger partial charge in [-0.15, -0.1) is 0 Å². The van der Waals surface area contributed by atoms with Crippen molar-refractivity contribution in [2.75, 3.05) is 24.2 Å². The molecule has 2 aromatic carbocycles. The summed E-state index contributed by atoms with van der Waals surface area (Å²) in [6.07, 6.45) is 1.31. The molecule has 2 rings (SSSR count). The van der Waals surface area contributed by atoms with Crippen LogP contribution in [0.3, 0.4) is 0 Å². The summed E-state index contributed by atoms with van der Waals surface area (Å²) in [7, 11) is -2.36. The van der Waals surface area contributed by atoms with E-state index < -0.39 is 28.5 Å². The topological polar surface area (TPSA) is 86.8 Å². The fourth-order valence-corrected chi connectivity index (χ4v) is 4.66. The van der Waals surface area contributed by atoms with Crippen molar-refractivity contribution in [1.82, 2.24) is 10.2 Å². The van der Waals surface area contributed by atoms with Crippen molar-refractivity contribution in [3.05, 3.63) is 63.1 Å². The van der Waals surface area contributed by atoms with Crippen LogP contribution in [0.4, 0.5) is 5.69 Å². The number of nitrogens with zero attached hydrogens (tertiary/aromatic N) is 2. The van der Waals surface area contributed by atoms with Gasteiger partial charge in [-0.3, -0.25) is 13.9 Å². The van der Waals surface area contributed by atoms with Crippen molar-refractivity contribution < 1.29 is 18.0 Å². The van der Waals surface area contributed by atoms with E-state index in [1.807, 2.05) is 0 Å². The van der Waals surface area contributed by atoms with Gasteiger partial charge in [0.15, 0.2) is 0 Å². The number of anilines is 1. The van der Waals surface area contributed by atoms with Gasteiger partial charge in [0.05, 0.1) is 11.9 Å². The van der Waals surface area contributed by atoms with E-state index in [1.54, 1.807) is 31.2 Å². The van der Waals surface area contributed by atoms with E-state index in [0.717, 1.165) is 10.6 Å². The number of amides is 2. The molecule has 11 heteroatoms. The van der Waals surface area contributed by atoms with E-state index in [9.17, 15) is 18.0 Å². The molecule has 32 heavy (non-hydrogen) atoms. The van der Waals surface area contributed by atoms with Gasteiger partial charge < -0.3 is 10.2 Å². The zero-order valence-corrected chi connectivity index (χ0v) is 20.9. The molecule has 0 bridgehead atoms. The Balaban J connectivity index is 2.46. The fourth-order valence-electron chi connectivity index (χ4n) is 3.16. The Kier molecular flexibility index (Phi) is 9.21. The monoisotopic (exact) mass is 519 g/mol. The minimum absolute atomic E-state index is 0.00604. The van der Waals surface area contributed by atoms with E-state index in [-0.39, 0.29) is 18.1 Å². The average Bonchev–Trinajstić information content (AvgIpc) is 2.72. The van der Waals surface area contributed by atoms with Crippen molar-refractivity contribution in [1.29, 1.82) is 0 Å². The van der Waals surface area contributed by atoms with Gasteiger partial charge in [0.25, 0.3) is 0 Å². The van der Waals surface area contributed by atoms with E-state index in [4.69, 9.17) is 34.8 Å². The first-order valence-corrected chi connectivity index (χ1v) is 12.6. The van der Waals surface area contributed by atoms with Gasteiger partial charge >= 0.3 is 0 Å². The highest BCUT2D eigenvalue weighted by atomic mass is 35.5. The Bertz CT molecular complexity index is 1100. The quantitative estimate of drug-likeness (QED) is 0.542. The first kappa shape index (κ1) is 26.3. The third-order valence-electron chi connectivity index (χ3n) is 4.76. The first-order chi connectivity index (χ1) is 15.0. The number of hydrogen-bond acceptors (Lipinski definition) is 4. The molecule has 0 fully saturated rings. The minimum Gasteiger partial charge on any atom is -0.357 e. The zero-order chi connectivity index (χ0) is 24.1. The van der Waals surface area contributed by atoms with Crippen LogP contribution in [0.1, 0.15) is 18.9 Å². The average molecular weight is 521 g/mol. The van der Waals surface area contributed by atoms with E-state index in [1.165, 1.54) is 30.1 Å². The van der Waals surface area contributed by atoms with Crippen LogP contribution < -0.4 is 9.62 Å². The van der Waals surface area contributed by atoms with E-state index in [2.05, 4.69) is 5.32 Å². The minimum atomic E-state index is -3.83. The predicted octanol–water partition coefficient (Wildman–Crippen LogP) is 3.97. The fraction of sp³-hybridized carbons (Fsp3) is 0.333. The van der Waals surface area contributed by atoms with Crippen molar-refractivity contribution >= 4 is 62.3 Å². The standard InChI is InChI=1S/C21H24Cl3N3O4S/c1-4-19(21(29)25-2)26(12-14-8-9-16(23)11-18(14)24)20(28)13-27(32(3,30)31)17-7-5-6-15(22)10-17/h5-11,19H,4,12-13H2,1-3H3,(H,25,29)/t19-/m1/s1. The molecule has 0 unspecified atom stereocenters. The van der Waals surface area contributed by atoms with Crippen LogP contribution in [-0.4, -0.2) is 51.0 Å². The number of sulfonamides is 1. The molecule has 0 heterocycles. The van der Waals surface area contributed by atoms with Crippen LogP contribution in [-0.2, 0) is 26.2 Å². The molecular formula is C21H24Cl3N3O4S. The Morgan fingerprint density at radius 3 is 2.25 bits per heavy atom. The Hall–Kier alpha value is -2.00. The van der Waals surface area contributed by atoms with Crippen molar-refractivity contribution in [2.45, 2.75) is 25.9 Å². The molecule has 0 aliphatic heterocycles. The van der Waals surface area contributed by atoms with Gasteiger partial charge in [0, 0.05) is 28.7 Å². The number of benzene rings is 2. The normalized spacial score (nSPS) is 12.2. The lowest BCUT2D eigenvalue weighted by Crippen LogP contribution is -2.51. The molecule has 1 atom stereocenters. The third-order valence-corrected chi connectivity index (χ3v) is 6.73. The molecule has 0 spiro atoms. The number of nitrogens with one attached hydrogen (secondary N) is 1. The van der Waals surface area contributed by atoms with E-state index >= 15 is 0 Å². The number of hydrogen-bond donors (Lipinski definition) is 1. The second-order valence-electron chi connectivity index (χ2n) is 7.05. The SMILES string of the molecule is CC[C@H](C(=O)NC)N(Cc1ccc(Cl)cc1Cl)C(=O)CN(c1cccc(Cl)c1)S(C)(=O)=O. The highest BCUT2D eigenvalue weighted by Crippen LogP contribution is 2.25. The van der Waals surface area contributed by atoms with Crippen molar-refractivity contribution in [3.63, 3.8) is 0 Å². The Labute approximate surface area is 203 Å². The molecular weight excluding hydrogens is 497 g/mol. The summed E-state index contributed by atoms with van der Waals surface area (Å²) in [5.41, 5.74) is 0.811. The summed E-state index contributed by atoms with van der Waals surface area (Å²) in [4.78, 5) is 27.2. The van der Waals surface area contributed by atoms with Gasteiger partial charge in [0.1, 0.15) is 12.6 Å². The summed E-state index contributed by atoms with van der Waals surface area (Å²) < 4.78 is 25.9. The summed E-state index contributed by atoms with van der Waals surface area (Å²) in [6, 6.07) is 10.2. The molecule has 0 aromatic heterocycles. The van der Waals surface area contributed by atoms with Crippen LogP contribution in [0.5, 0.6) is 0 Å². The molecule has 1 N–H and O–H groups in total. The van der Waals surface area contributed by atoms with Crippen LogP contribution in [0.15, 0.2) is 42.5 Å². The van der Waals surface area contributed by atoms with Gasteiger partial charge in [-0.25, -0.2) is 8.42 Å². The van der Waals surface area contributed by atoms with Gasteiger partial charge in [-0.2, -0.15) is 0 Å². The van der Waals surface area contributed by atoms with Crippen LogP contribution in [0.25, 0.3) is 0 Å². The second-order valence-corrected chi connectivity index (χ2v) is 10.2. The lowest BCUT2D eigenvalue weighted by atomic mass is 10.1. The Morgan fingerprint density at radius 2 is 1.72 bits per heavy atom. The highest BCUT2D eigenvalue weighted by molar-refractivity contribution is 7.92. The lowest BCUT2D eigenvalue weighted by Gasteiger charge is -2.32. The second kappa shape index (κ2) is 11.2. The smallest absolute Gasteiger partial charge is 0.244 e. The lowest BCUT2D eigenvalue weighted by molar-refractivity contribution is -0.140. The number of halogens is 3. The van der Waals surface area contributed by atoms with Crippen molar-refractivity contribution in [3.8, 4) is 0 Å². The molecule has 2 aromatic rings. The molecule has 0 aliphatic rings. The molecule has 174 valence electrons. The maximum Gasteiger partial charge on any atom is 0.244 e. The maximum absolute atomic E-state index is 13.4. The summed E-state index contributed by atoms with van der Waals surface area (Å²) >= 11 is 18.3. The van der Waals surface area contributed by atoms with Gasteiger partial charge in [-0.05, 0) is 42.3 Å². The summed E-state index contributed by atoms with van der Waals surface area (Å²) in [6.45, 7) is 1.24. The van der Waals surface area contributed by atoms with Crippen molar-refractivity contribution in [2.24, 2.45) is 0 Å². The molecule has 2 amide bonds. The predicted molar refractivity (Wildman–Crippen MR) is 129 cm³/mol. The van der Waals surface area contributed by atoms with Crippen LogP contribution in [0.2, 0.25) is 15.1 Å². The zero-order valence-electron chi connectivity index (χ0n) is 17.8. The maximum atomic E-state index is 13.4. The number of carbonyl (C=O) groups excluding carboxylic acids is 2. The third kappa shape index (κ3) is 6.75. The van der Waals surface area contributed by atoms with Gasteiger partial charge in [0.2, 0.25) is 21.8 Å². The highest BCUT2D eigenvalue weighted by Gasteiger charge is 2.31. The first-order valence-electron chi connectivity index (χ1n) is 9.66. The number of rotatable bonds is 9. The Morgan fingerprint density at radius 1 is 1.06 bits per heavy atom. The number of likely N-dealkylation sites (N-methyl/N-ethyl adjacent to an activating group) is 1.